The largest absolute Gasteiger partial charge is 0.396 e. The lowest BCUT2D eigenvalue weighted by Crippen LogP contribution is -2.32. The number of aliphatic hydroxyl groups is 1. The van der Waals surface area contributed by atoms with Crippen LogP contribution >= 0.6 is 0 Å². The van der Waals surface area contributed by atoms with Gasteiger partial charge in [-0.1, -0.05) is 18.2 Å². The zero-order valence-electron chi connectivity index (χ0n) is 9.56. The monoisotopic (exact) mass is 233 g/mol. The van der Waals surface area contributed by atoms with Crippen molar-refractivity contribution in [2.75, 3.05) is 18.1 Å². The molecule has 0 fully saturated rings. The lowest BCUT2D eigenvalue weighted by molar-refractivity contribution is -0.119. The van der Waals surface area contributed by atoms with Crippen LogP contribution in [0.3, 0.4) is 0 Å². The smallest absolute Gasteiger partial charge is 0.229 e. The topological polar surface area (TPSA) is 57.6 Å². The van der Waals surface area contributed by atoms with E-state index in [1.807, 2.05) is 24.3 Å². The lowest BCUT2D eigenvalue weighted by atomic mass is 10.1. The SMILES string of the molecule is O=C1CCN(C(=O)CCO)c2ccccc2C1. The molecule has 17 heavy (non-hydrogen) atoms. The van der Waals surface area contributed by atoms with E-state index in [-0.39, 0.29) is 24.7 Å². The number of carbonyl (C=O) groups excluding carboxylic acids is 2. The van der Waals surface area contributed by atoms with Gasteiger partial charge in [0.15, 0.2) is 0 Å². The van der Waals surface area contributed by atoms with Crippen LogP contribution in [0, 0.1) is 0 Å². The molecule has 0 atom stereocenters. The van der Waals surface area contributed by atoms with Gasteiger partial charge in [0, 0.05) is 25.1 Å². The zero-order valence-corrected chi connectivity index (χ0v) is 9.56. The number of nitrogens with zero attached hydrogens (tertiary/aromatic N) is 1. The van der Waals surface area contributed by atoms with E-state index in [4.69, 9.17) is 5.11 Å². The van der Waals surface area contributed by atoms with Crippen molar-refractivity contribution in [3.63, 3.8) is 0 Å². The quantitative estimate of drug-likeness (QED) is 0.826. The number of aliphatic hydroxyl groups excluding tert-OH is 1. The standard InChI is InChI=1S/C13H15NO3/c15-8-6-13(17)14-7-5-11(16)9-10-3-1-2-4-12(10)14/h1-4,15H,5-9H2. The highest BCUT2D eigenvalue weighted by Gasteiger charge is 2.23. The van der Waals surface area contributed by atoms with Gasteiger partial charge in [-0.3, -0.25) is 9.59 Å². The summed E-state index contributed by atoms with van der Waals surface area (Å²) >= 11 is 0. The van der Waals surface area contributed by atoms with Gasteiger partial charge in [-0.15, -0.1) is 0 Å². The number of carbonyl (C=O) groups is 2. The van der Waals surface area contributed by atoms with Gasteiger partial charge in [0.1, 0.15) is 5.78 Å². The van der Waals surface area contributed by atoms with Gasteiger partial charge < -0.3 is 10.0 Å². The molecule has 0 spiro atoms. The van der Waals surface area contributed by atoms with Crippen LogP contribution in [-0.2, 0) is 16.0 Å². The predicted molar refractivity (Wildman–Crippen MR) is 63.8 cm³/mol. The molecule has 0 aliphatic carbocycles. The Balaban J connectivity index is 2.34. The van der Waals surface area contributed by atoms with Crippen molar-refractivity contribution in [3.05, 3.63) is 29.8 Å². The van der Waals surface area contributed by atoms with Crippen LogP contribution in [0.25, 0.3) is 0 Å². The molecule has 1 heterocycles. The maximum absolute atomic E-state index is 11.9. The van der Waals surface area contributed by atoms with E-state index in [9.17, 15) is 9.59 Å². The maximum atomic E-state index is 11.9. The van der Waals surface area contributed by atoms with Crippen LogP contribution in [0.2, 0.25) is 0 Å². The molecule has 1 N–H and O–H groups in total. The Morgan fingerprint density at radius 1 is 1.35 bits per heavy atom. The number of hydrogen-bond donors (Lipinski definition) is 1. The Morgan fingerprint density at radius 2 is 2.12 bits per heavy atom. The summed E-state index contributed by atoms with van der Waals surface area (Å²) in [4.78, 5) is 25.1. The van der Waals surface area contributed by atoms with Crippen molar-refractivity contribution in [2.45, 2.75) is 19.3 Å². The summed E-state index contributed by atoms with van der Waals surface area (Å²) < 4.78 is 0. The number of rotatable bonds is 2. The van der Waals surface area contributed by atoms with Crippen molar-refractivity contribution >= 4 is 17.4 Å². The van der Waals surface area contributed by atoms with Crippen LogP contribution in [0.5, 0.6) is 0 Å². The molecule has 0 aromatic heterocycles. The van der Waals surface area contributed by atoms with Crippen molar-refractivity contribution in [2.24, 2.45) is 0 Å². The molecular formula is C13H15NO3. The molecule has 4 heteroatoms. The maximum Gasteiger partial charge on any atom is 0.229 e. The fourth-order valence-electron chi connectivity index (χ4n) is 2.07. The molecular weight excluding hydrogens is 218 g/mol. The average Bonchev–Trinajstić information content (AvgIpc) is 2.47. The molecule has 0 saturated heterocycles. The molecule has 2 rings (SSSR count). The van der Waals surface area contributed by atoms with E-state index in [1.165, 1.54) is 0 Å². The van der Waals surface area contributed by atoms with Crippen molar-refractivity contribution in [1.82, 2.24) is 0 Å². The van der Waals surface area contributed by atoms with Crippen LogP contribution in [-0.4, -0.2) is 29.9 Å². The summed E-state index contributed by atoms with van der Waals surface area (Å²) in [7, 11) is 0. The van der Waals surface area contributed by atoms with Gasteiger partial charge in [-0.05, 0) is 11.6 Å². The lowest BCUT2D eigenvalue weighted by Gasteiger charge is -2.22. The number of benzene rings is 1. The summed E-state index contributed by atoms with van der Waals surface area (Å²) in [5, 5.41) is 8.82. The van der Waals surface area contributed by atoms with Crippen molar-refractivity contribution < 1.29 is 14.7 Å². The summed E-state index contributed by atoms with van der Waals surface area (Å²) in [5.74, 6) is 0.0198. The first-order valence-corrected chi connectivity index (χ1v) is 5.73. The fourth-order valence-corrected chi connectivity index (χ4v) is 2.07. The third kappa shape index (κ3) is 2.53. The molecule has 0 radical (unpaired) electrons. The second-order valence-electron chi connectivity index (χ2n) is 4.11. The summed E-state index contributed by atoms with van der Waals surface area (Å²) in [6.45, 7) is 0.250. The van der Waals surface area contributed by atoms with Crippen molar-refractivity contribution in [3.8, 4) is 0 Å². The Labute approximate surface area is 99.9 Å². The molecule has 1 aromatic rings. The number of hydrogen-bond acceptors (Lipinski definition) is 3. The molecule has 0 bridgehead atoms. The molecule has 1 aliphatic heterocycles. The minimum absolute atomic E-state index is 0.0997. The minimum atomic E-state index is -0.161. The molecule has 1 amide bonds. The van der Waals surface area contributed by atoms with E-state index in [0.717, 1.165) is 11.3 Å². The van der Waals surface area contributed by atoms with E-state index >= 15 is 0 Å². The second kappa shape index (κ2) is 5.10. The van der Waals surface area contributed by atoms with E-state index in [2.05, 4.69) is 0 Å². The van der Waals surface area contributed by atoms with Crippen LogP contribution < -0.4 is 4.90 Å². The Hall–Kier alpha value is -1.68. The van der Waals surface area contributed by atoms with Gasteiger partial charge >= 0.3 is 0 Å². The number of anilines is 1. The van der Waals surface area contributed by atoms with Gasteiger partial charge in [-0.2, -0.15) is 0 Å². The number of Topliss-reactive ketones (excluding diaryl/α,β-unsaturated/α-hetero) is 1. The minimum Gasteiger partial charge on any atom is -0.396 e. The van der Waals surface area contributed by atoms with Crippen LogP contribution in [0.4, 0.5) is 5.69 Å². The molecule has 0 saturated carbocycles. The molecule has 1 aromatic carbocycles. The normalized spacial score (nSPS) is 15.4. The Bertz CT molecular complexity index is 442. The van der Waals surface area contributed by atoms with Gasteiger partial charge in [0.05, 0.1) is 13.0 Å². The first-order chi connectivity index (χ1) is 8.22. The Morgan fingerprint density at radius 3 is 2.88 bits per heavy atom. The fraction of sp³-hybridized carbons (Fsp3) is 0.385. The van der Waals surface area contributed by atoms with E-state index < -0.39 is 0 Å². The number of ketones is 1. The van der Waals surface area contributed by atoms with Crippen LogP contribution in [0.1, 0.15) is 18.4 Å². The molecule has 0 unspecified atom stereocenters. The van der Waals surface area contributed by atoms with E-state index in [0.29, 0.717) is 19.4 Å². The predicted octanol–water partition coefficient (Wildman–Crippen LogP) is 0.917. The number of para-hydroxylation sites is 1. The molecule has 4 nitrogen and oxygen atoms in total. The van der Waals surface area contributed by atoms with Crippen molar-refractivity contribution in [1.29, 1.82) is 0 Å². The highest BCUT2D eigenvalue weighted by Crippen LogP contribution is 2.25. The second-order valence-corrected chi connectivity index (χ2v) is 4.11. The third-order valence-corrected chi connectivity index (χ3v) is 2.91. The molecule has 1 aliphatic rings. The van der Waals surface area contributed by atoms with Gasteiger partial charge in [0.2, 0.25) is 5.91 Å². The number of fused-ring (bicyclic) bond motifs is 1. The number of amides is 1. The first kappa shape index (κ1) is 11.8. The van der Waals surface area contributed by atoms with E-state index in [1.54, 1.807) is 4.90 Å². The highest BCUT2D eigenvalue weighted by molar-refractivity contribution is 5.97. The summed E-state index contributed by atoms with van der Waals surface area (Å²) in [6, 6.07) is 7.45. The molecule has 90 valence electrons. The first-order valence-electron chi connectivity index (χ1n) is 5.73. The Kier molecular flexibility index (Phi) is 3.54. The zero-order chi connectivity index (χ0) is 12.3. The highest BCUT2D eigenvalue weighted by atomic mass is 16.3. The van der Waals surface area contributed by atoms with Gasteiger partial charge in [-0.25, -0.2) is 0 Å². The third-order valence-electron chi connectivity index (χ3n) is 2.91. The summed E-state index contributed by atoms with van der Waals surface area (Å²) in [6.07, 6.45) is 0.869. The average molecular weight is 233 g/mol. The van der Waals surface area contributed by atoms with Crippen LogP contribution in [0.15, 0.2) is 24.3 Å². The summed E-state index contributed by atoms with van der Waals surface area (Å²) in [5.41, 5.74) is 1.69. The van der Waals surface area contributed by atoms with Gasteiger partial charge in [0.25, 0.3) is 0 Å².